The molecule has 0 spiro atoms. The van der Waals surface area contributed by atoms with Crippen LogP contribution in [-0.4, -0.2) is 50.3 Å². The molecule has 1 unspecified atom stereocenters. The van der Waals surface area contributed by atoms with Gasteiger partial charge in [-0.2, -0.15) is 0 Å². The van der Waals surface area contributed by atoms with Crippen LogP contribution in [0.4, 0.5) is 20.2 Å². The van der Waals surface area contributed by atoms with Crippen LogP contribution in [0.25, 0.3) is 11.1 Å². The molecule has 2 aliphatic heterocycles. The molecule has 0 saturated carbocycles. The summed E-state index contributed by atoms with van der Waals surface area (Å²) < 4.78 is 34.7. The molecule has 2 aromatic carbocycles. The number of piperidine rings is 1. The topological polar surface area (TPSA) is 69.5 Å². The quantitative estimate of drug-likeness (QED) is 0.552. The lowest BCUT2D eigenvalue weighted by atomic mass is 10.0. The summed E-state index contributed by atoms with van der Waals surface area (Å²) in [5.41, 5.74) is 1.91. The number of hydrogen-bond donors (Lipinski definition) is 1. The van der Waals surface area contributed by atoms with Gasteiger partial charge in [0.2, 0.25) is 0 Å². The van der Waals surface area contributed by atoms with E-state index in [2.05, 4.69) is 15.7 Å². The molecule has 1 atom stereocenters. The summed E-state index contributed by atoms with van der Waals surface area (Å²) in [7, 11) is 0. The molecule has 9 heteroatoms. The van der Waals surface area contributed by atoms with E-state index in [4.69, 9.17) is 4.74 Å². The van der Waals surface area contributed by atoms with Crippen molar-refractivity contribution >= 4 is 17.8 Å². The van der Waals surface area contributed by atoms with Gasteiger partial charge in [0.15, 0.2) is 0 Å². The first-order chi connectivity index (χ1) is 16.1. The summed E-state index contributed by atoms with van der Waals surface area (Å²) in [6.45, 7) is 3.26. The van der Waals surface area contributed by atoms with Gasteiger partial charge < -0.3 is 15.0 Å². The summed E-state index contributed by atoms with van der Waals surface area (Å²) in [6, 6.07) is 9.57. The van der Waals surface area contributed by atoms with E-state index in [1.54, 1.807) is 35.5 Å². The maximum atomic E-state index is 14.9. The number of nitrogens with one attached hydrogen (secondary N) is 1. The molecule has 2 aliphatic rings. The second kappa shape index (κ2) is 10.9. The molecule has 174 valence electrons. The molecule has 2 heterocycles. The van der Waals surface area contributed by atoms with Crippen molar-refractivity contribution in [3.63, 3.8) is 0 Å². The summed E-state index contributed by atoms with van der Waals surface area (Å²) >= 11 is 0. The summed E-state index contributed by atoms with van der Waals surface area (Å²) in [5.74, 6) is -0.803. The second-order valence-electron chi connectivity index (χ2n) is 8.11. The van der Waals surface area contributed by atoms with Gasteiger partial charge in [-0.3, -0.25) is 9.80 Å². The number of carbonyl (C=O) groups excluding carboxylic acids is 1. The average Bonchev–Trinajstić information content (AvgIpc) is 2.84. The standard InChI is InChI=1S/C24H27F2N5O2/c25-22-14-19(27-15-20(33-17-32)16-31-12-4-9-28-29-31)6-7-21(22)18-5-8-24(23(26)13-18)30-10-2-1-3-11-30/h4-9,13-14,17,20,27H,1-3,10-12,15-16H2. The first kappa shape index (κ1) is 22.7. The normalized spacial score (nSPS) is 16.5. The van der Waals surface area contributed by atoms with Gasteiger partial charge in [-0.05, 0) is 61.2 Å². The van der Waals surface area contributed by atoms with E-state index in [1.165, 1.54) is 18.6 Å². The van der Waals surface area contributed by atoms with Crippen LogP contribution in [0.5, 0.6) is 0 Å². The van der Waals surface area contributed by atoms with Crippen LogP contribution in [0.2, 0.25) is 0 Å². The van der Waals surface area contributed by atoms with Crippen molar-refractivity contribution in [2.24, 2.45) is 10.3 Å². The van der Waals surface area contributed by atoms with Crippen molar-refractivity contribution in [1.82, 2.24) is 5.01 Å². The Morgan fingerprint density at radius 1 is 1.09 bits per heavy atom. The molecule has 1 fully saturated rings. The van der Waals surface area contributed by atoms with Crippen LogP contribution in [0, 0.1) is 11.6 Å². The Labute approximate surface area is 191 Å². The maximum absolute atomic E-state index is 14.9. The number of benzene rings is 2. The lowest BCUT2D eigenvalue weighted by Gasteiger charge is -2.29. The highest BCUT2D eigenvalue weighted by Crippen LogP contribution is 2.30. The lowest BCUT2D eigenvalue weighted by molar-refractivity contribution is -0.133. The van der Waals surface area contributed by atoms with Crippen LogP contribution in [0.3, 0.4) is 0 Å². The summed E-state index contributed by atoms with van der Waals surface area (Å²) in [4.78, 5) is 12.9. The van der Waals surface area contributed by atoms with E-state index < -0.39 is 11.9 Å². The van der Waals surface area contributed by atoms with Crippen molar-refractivity contribution in [3.05, 3.63) is 60.3 Å². The van der Waals surface area contributed by atoms with Crippen LogP contribution >= 0.6 is 0 Å². The summed E-state index contributed by atoms with van der Waals surface area (Å²) in [6.07, 6.45) is 6.23. The molecule has 0 amide bonds. The molecule has 0 aromatic heterocycles. The number of carbonyl (C=O) groups is 1. The molecule has 33 heavy (non-hydrogen) atoms. The van der Waals surface area contributed by atoms with Gasteiger partial charge in [0.05, 0.1) is 25.3 Å². The molecule has 4 rings (SSSR count). The monoisotopic (exact) mass is 455 g/mol. The molecule has 1 saturated heterocycles. The first-order valence-electron chi connectivity index (χ1n) is 11.1. The Morgan fingerprint density at radius 2 is 1.94 bits per heavy atom. The molecule has 2 aromatic rings. The molecule has 7 nitrogen and oxygen atoms in total. The van der Waals surface area contributed by atoms with Gasteiger partial charge in [-0.15, -0.1) is 5.11 Å². The fourth-order valence-electron chi connectivity index (χ4n) is 4.09. The third-order valence-electron chi connectivity index (χ3n) is 5.79. The van der Waals surface area contributed by atoms with E-state index in [9.17, 15) is 13.6 Å². The Bertz CT molecular complexity index is 1020. The minimum atomic E-state index is -0.493. The van der Waals surface area contributed by atoms with E-state index in [-0.39, 0.29) is 12.4 Å². The number of rotatable bonds is 9. The van der Waals surface area contributed by atoms with Crippen molar-refractivity contribution in [2.45, 2.75) is 25.4 Å². The number of halogens is 2. The maximum Gasteiger partial charge on any atom is 0.293 e. The van der Waals surface area contributed by atoms with Crippen molar-refractivity contribution in [3.8, 4) is 11.1 Å². The molecule has 0 aliphatic carbocycles. The zero-order valence-corrected chi connectivity index (χ0v) is 18.3. The highest BCUT2D eigenvalue weighted by molar-refractivity contribution is 5.69. The molecule has 0 radical (unpaired) electrons. The minimum Gasteiger partial charge on any atom is -0.461 e. The average molecular weight is 456 g/mol. The van der Waals surface area contributed by atoms with Crippen LogP contribution in [0.1, 0.15) is 19.3 Å². The fourth-order valence-corrected chi connectivity index (χ4v) is 4.09. The zero-order chi connectivity index (χ0) is 23.0. The van der Waals surface area contributed by atoms with Crippen molar-refractivity contribution in [2.75, 3.05) is 42.9 Å². The molecule has 1 N–H and O–H groups in total. The molecule has 0 bridgehead atoms. The Kier molecular flexibility index (Phi) is 7.49. The van der Waals surface area contributed by atoms with Crippen LogP contribution < -0.4 is 10.2 Å². The van der Waals surface area contributed by atoms with Crippen LogP contribution in [-0.2, 0) is 9.53 Å². The highest BCUT2D eigenvalue weighted by Gasteiger charge is 2.18. The molecular weight excluding hydrogens is 428 g/mol. The van der Waals surface area contributed by atoms with Gasteiger partial charge >= 0.3 is 0 Å². The Morgan fingerprint density at radius 3 is 2.64 bits per heavy atom. The van der Waals surface area contributed by atoms with Gasteiger partial charge in [0, 0.05) is 30.5 Å². The fraction of sp³-hybridized carbons (Fsp3) is 0.375. The third-order valence-corrected chi connectivity index (χ3v) is 5.79. The van der Waals surface area contributed by atoms with Crippen LogP contribution in [0.15, 0.2) is 59.0 Å². The third kappa shape index (κ3) is 5.85. The van der Waals surface area contributed by atoms with Crippen molar-refractivity contribution in [1.29, 1.82) is 0 Å². The van der Waals surface area contributed by atoms with E-state index in [0.29, 0.717) is 42.1 Å². The van der Waals surface area contributed by atoms with E-state index in [1.807, 2.05) is 11.0 Å². The van der Waals surface area contributed by atoms with Gasteiger partial charge in [0.1, 0.15) is 17.7 Å². The largest absolute Gasteiger partial charge is 0.461 e. The number of ether oxygens (including phenoxy) is 1. The predicted octanol–water partition coefficient (Wildman–Crippen LogP) is 4.77. The SMILES string of the molecule is O=COC(CNc1ccc(-c2ccc(N3CCCCC3)c(F)c2)c(F)c1)CN1CC=CN=N1. The first-order valence-corrected chi connectivity index (χ1v) is 11.1. The molecular formula is C24H27F2N5O2. The Balaban J connectivity index is 1.41. The number of nitrogens with zero attached hydrogens (tertiary/aromatic N) is 4. The number of anilines is 2. The van der Waals surface area contributed by atoms with E-state index >= 15 is 0 Å². The number of hydrogen-bond acceptors (Lipinski definition) is 7. The predicted molar refractivity (Wildman–Crippen MR) is 123 cm³/mol. The smallest absolute Gasteiger partial charge is 0.293 e. The van der Waals surface area contributed by atoms with E-state index in [0.717, 1.165) is 25.9 Å². The minimum absolute atomic E-state index is 0.270. The van der Waals surface area contributed by atoms with Crippen molar-refractivity contribution < 1.29 is 18.3 Å². The lowest BCUT2D eigenvalue weighted by Crippen LogP contribution is -2.35. The second-order valence-corrected chi connectivity index (χ2v) is 8.11. The Hall–Kier alpha value is -3.49. The summed E-state index contributed by atoms with van der Waals surface area (Å²) in [5, 5.41) is 12.5. The highest BCUT2D eigenvalue weighted by atomic mass is 19.1. The van der Waals surface area contributed by atoms with Gasteiger partial charge in [-0.1, -0.05) is 11.3 Å². The van der Waals surface area contributed by atoms with Gasteiger partial charge in [-0.25, -0.2) is 8.78 Å². The zero-order valence-electron chi connectivity index (χ0n) is 18.3. The van der Waals surface area contributed by atoms with Gasteiger partial charge in [0.25, 0.3) is 6.47 Å².